The first-order valence-corrected chi connectivity index (χ1v) is 15.3. The molecule has 0 saturated carbocycles. The first kappa shape index (κ1) is 36.4. The highest BCUT2D eigenvalue weighted by atomic mass is 16.8. The molecule has 0 amide bonds. The van der Waals surface area contributed by atoms with Gasteiger partial charge in [-0.1, -0.05) is 12.1 Å². The first-order valence-electron chi connectivity index (χ1n) is 15.3. The Morgan fingerprint density at radius 1 is 0.980 bits per heavy atom. The summed E-state index contributed by atoms with van der Waals surface area (Å²) in [5, 5.41) is 72.3. The Morgan fingerprint density at radius 2 is 1.69 bits per heavy atom. The molecule has 0 spiro atoms. The van der Waals surface area contributed by atoms with Crippen molar-refractivity contribution in [3.8, 4) is 11.5 Å². The quantitative estimate of drug-likeness (QED) is 0.0771. The van der Waals surface area contributed by atoms with Crippen molar-refractivity contribution >= 4 is 17.9 Å². The number of esters is 3. The maximum absolute atomic E-state index is 13.1. The number of carbonyl (C=O) groups is 3. The fourth-order valence-electron chi connectivity index (χ4n) is 5.95. The lowest BCUT2D eigenvalue weighted by atomic mass is 9.81. The Balaban J connectivity index is 1.29. The largest absolute Gasteiger partial charge is 0.504 e. The topological polar surface area (TPSA) is 267 Å². The third-order valence-electron chi connectivity index (χ3n) is 8.58. The van der Waals surface area contributed by atoms with Crippen LogP contribution in [-0.2, 0) is 42.7 Å². The molecular weight excluding hydrogens is 660 g/mol. The average molecular weight is 699 g/mol. The molecular formula is C31H38O18. The van der Waals surface area contributed by atoms with Gasteiger partial charge in [0.25, 0.3) is 0 Å². The van der Waals surface area contributed by atoms with E-state index in [-0.39, 0.29) is 18.1 Å². The number of hydrogen-bond acceptors (Lipinski definition) is 18. The van der Waals surface area contributed by atoms with Crippen molar-refractivity contribution in [2.75, 3.05) is 19.8 Å². The summed E-state index contributed by atoms with van der Waals surface area (Å²) in [6, 6.07) is 3.64. The summed E-state index contributed by atoms with van der Waals surface area (Å²) in [4.78, 5) is 37.1. The van der Waals surface area contributed by atoms with Crippen molar-refractivity contribution in [2.24, 2.45) is 11.8 Å². The summed E-state index contributed by atoms with van der Waals surface area (Å²) in [7, 11) is 0. The van der Waals surface area contributed by atoms with Crippen molar-refractivity contribution in [1.82, 2.24) is 0 Å². The summed E-state index contributed by atoms with van der Waals surface area (Å²) >= 11 is 0. The second kappa shape index (κ2) is 15.4. The van der Waals surface area contributed by atoms with E-state index in [0.717, 1.165) is 13.0 Å². The lowest BCUT2D eigenvalue weighted by molar-refractivity contribution is -0.340. The summed E-state index contributed by atoms with van der Waals surface area (Å²) in [5.74, 6) is -4.68. The number of hydrogen-bond donors (Lipinski definition) is 7. The van der Waals surface area contributed by atoms with Gasteiger partial charge < -0.3 is 73.6 Å². The number of para-hydroxylation sites is 1. The van der Waals surface area contributed by atoms with Crippen molar-refractivity contribution in [2.45, 2.75) is 81.0 Å². The number of rotatable bonds is 10. The minimum atomic E-state index is -1.80. The number of aliphatic hydroxyl groups is 6. The normalized spacial score (nSPS) is 37.4. The molecule has 4 aliphatic heterocycles. The number of fused-ring (bicyclic) bond motifs is 1. The maximum atomic E-state index is 13.1. The smallest absolute Gasteiger partial charge is 0.342 e. The molecule has 3 saturated heterocycles. The highest BCUT2D eigenvalue weighted by Crippen LogP contribution is 2.39. The standard InChI is InChI=1S/C31H38O18/c1-3-13-14-7-8-42-28(41)16(14)10-44-29(13)49-31-25(39)23(37)26(45-12(2)33)19(48-31)11-43-27(40)15-5-4-6-17(20(15)34)46-30-24(38)22(36)21(35)18(9-32)47-30/h3-6,10,13-14,18-19,21-26,29-32,34-39H,1,7-9,11H2,2H3/t13-,14+,18-,19-,21-,22+,23-,24-,25-,26-,29+,30-,31+/m1/s1. The van der Waals surface area contributed by atoms with Crippen LogP contribution in [0.25, 0.3) is 0 Å². The van der Waals surface area contributed by atoms with Gasteiger partial charge in [0, 0.05) is 18.8 Å². The number of cyclic esters (lactones) is 1. The van der Waals surface area contributed by atoms with E-state index < -0.39 is 122 Å². The van der Waals surface area contributed by atoms with Gasteiger partial charge in [0.05, 0.1) is 25.0 Å². The van der Waals surface area contributed by atoms with E-state index in [1.165, 1.54) is 24.5 Å². The van der Waals surface area contributed by atoms with Crippen LogP contribution >= 0.6 is 0 Å². The van der Waals surface area contributed by atoms with Crippen LogP contribution in [0.1, 0.15) is 23.7 Å². The van der Waals surface area contributed by atoms with E-state index in [9.17, 15) is 50.1 Å². The maximum Gasteiger partial charge on any atom is 0.342 e. The molecule has 3 fully saturated rings. The van der Waals surface area contributed by atoms with Gasteiger partial charge in [-0.25, -0.2) is 9.59 Å². The van der Waals surface area contributed by atoms with Gasteiger partial charge in [0.2, 0.25) is 12.6 Å². The molecule has 0 unspecified atom stereocenters. The molecule has 0 aromatic heterocycles. The zero-order valence-corrected chi connectivity index (χ0v) is 26.0. The number of carbonyl (C=O) groups excluding carboxylic acids is 3. The number of phenols is 1. The van der Waals surface area contributed by atoms with Crippen LogP contribution in [0.4, 0.5) is 0 Å². The number of ether oxygens (including phenoxy) is 8. The molecule has 4 aliphatic rings. The molecule has 7 N–H and O–H groups in total. The van der Waals surface area contributed by atoms with E-state index in [4.69, 9.17) is 37.9 Å². The van der Waals surface area contributed by atoms with Crippen LogP contribution < -0.4 is 4.74 Å². The van der Waals surface area contributed by atoms with E-state index >= 15 is 0 Å². The van der Waals surface area contributed by atoms with Gasteiger partial charge in [-0.05, 0) is 18.6 Å². The van der Waals surface area contributed by atoms with Gasteiger partial charge in [-0.15, -0.1) is 6.58 Å². The molecule has 0 radical (unpaired) electrons. The fraction of sp³-hybridized carbons (Fsp3) is 0.581. The number of aromatic hydroxyl groups is 1. The Morgan fingerprint density at radius 3 is 2.39 bits per heavy atom. The molecule has 4 heterocycles. The van der Waals surface area contributed by atoms with Gasteiger partial charge in [0.1, 0.15) is 54.9 Å². The molecule has 0 bridgehead atoms. The number of benzene rings is 1. The van der Waals surface area contributed by atoms with Gasteiger partial charge >= 0.3 is 17.9 Å². The second-order valence-electron chi connectivity index (χ2n) is 11.7. The lowest BCUT2D eigenvalue weighted by Crippen LogP contribution is -2.61. The molecule has 5 rings (SSSR count). The predicted octanol–water partition coefficient (Wildman–Crippen LogP) is -2.27. The van der Waals surface area contributed by atoms with Crippen molar-refractivity contribution in [3.05, 3.63) is 48.3 Å². The second-order valence-corrected chi connectivity index (χ2v) is 11.7. The van der Waals surface area contributed by atoms with Crippen LogP contribution in [-0.4, -0.2) is 141 Å². The van der Waals surface area contributed by atoms with Crippen LogP contribution in [0.15, 0.2) is 42.7 Å². The van der Waals surface area contributed by atoms with E-state index in [0.29, 0.717) is 6.42 Å². The lowest BCUT2D eigenvalue weighted by Gasteiger charge is -2.44. The predicted molar refractivity (Wildman–Crippen MR) is 156 cm³/mol. The third kappa shape index (κ3) is 7.52. The van der Waals surface area contributed by atoms with Gasteiger partial charge in [-0.2, -0.15) is 0 Å². The number of aliphatic hydroxyl groups excluding tert-OH is 6. The van der Waals surface area contributed by atoms with Crippen LogP contribution in [0.2, 0.25) is 0 Å². The molecule has 0 aliphatic carbocycles. The van der Waals surface area contributed by atoms with Crippen LogP contribution in [0.5, 0.6) is 11.5 Å². The van der Waals surface area contributed by atoms with E-state index in [2.05, 4.69) is 6.58 Å². The SMILES string of the molecule is C=C[C@H]1[C@H](O[C@@H]2O[C@H](COC(=O)c3cccc(O[C@@H]4O[C@H](CO)[C@@H](O)[C@H](O)[C@H]4O)c3O)[C@@H](OC(C)=O)[C@H](O)[C@H]2O)OC=C2C(=O)OCC[C@H]21. The molecule has 1 aromatic rings. The minimum Gasteiger partial charge on any atom is -0.504 e. The Labute approximate surface area is 278 Å². The molecule has 18 nitrogen and oxygen atoms in total. The van der Waals surface area contributed by atoms with E-state index in [1.807, 2.05) is 0 Å². The zero-order chi connectivity index (χ0) is 35.6. The van der Waals surface area contributed by atoms with Gasteiger partial charge in [0.15, 0.2) is 23.9 Å². The van der Waals surface area contributed by atoms with Crippen molar-refractivity contribution < 1.29 is 88.0 Å². The fourth-order valence-corrected chi connectivity index (χ4v) is 5.95. The highest BCUT2D eigenvalue weighted by molar-refractivity contribution is 5.93. The molecule has 18 heteroatoms. The molecule has 1 aromatic carbocycles. The summed E-state index contributed by atoms with van der Waals surface area (Å²) in [6.45, 7) is 3.57. The van der Waals surface area contributed by atoms with Crippen molar-refractivity contribution in [3.63, 3.8) is 0 Å². The summed E-state index contributed by atoms with van der Waals surface area (Å²) in [5.41, 5.74) is -0.167. The Kier molecular flexibility index (Phi) is 11.4. The average Bonchev–Trinajstić information content (AvgIpc) is 3.08. The number of phenolic OH excluding ortho intramolecular Hbond substituents is 1. The summed E-state index contributed by atoms with van der Waals surface area (Å²) < 4.78 is 43.6. The summed E-state index contributed by atoms with van der Waals surface area (Å²) in [6.07, 6.45) is -14.3. The molecule has 13 atom stereocenters. The first-order chi connectivity index (χ1) is 23.4. The van der Waals surface area contributed by atoms with Crippen LogP contribution in [0, 0.1) is 11.8 Å². The highest BCUT2D eigenvalue weighted by Gasteiger charge is 2.51. The Hall–Kier alpha value is -3.85. The van der Waals surface area contributed by atoms with Crippen molar-refractivity contribution in [1.29, 1.82) is 0 Å². The zero-order valence-electron chi connectivity index (χ0n) is 26.0. The van der Waals surface area contributed by atoms with E-state index in [1.54, 1.807) is 0 Å². The molecule has 49 heavy (non-hydrogen) atoms. The van der Waals surface area contributed by atoms with Gasteiger partial charge in [-0.3, -0.25) is 4.79 Å². The monoisotopic (exact) mass is 698 g/mol. The third-order valence-corrected chi connectivity index (χ3v) is 8.58. The molecule has 270 valence electrons. The van der Waals surface area contributed by atoms with Crippen LogP contribution in [0.3, 0.4) is 0 Å². The minimum absolute atomic E-state index is 0.162. The Bertz CT molecular complexity index is 1410.